The van der Waals surface area contributed by atoms with E-state index in [9.17, 15) is 13.2 Å². The predicted molar refractivity (Wildman–Crippen MR) is 78.0 cm³/mol. The molecule has 0 saturated heterocycles. The average Bonchev–Trinajstić information content (AvgIpc) is 2.94. The smallest absolute Gasteiger partial charge is 0.159 e. The van der Waals surface area contributed by atoms with Crippen LogP contribution in [-0.4, -0.2) is 10.9 Å². The summed E-state index contributed by atoms with van der Waals surface area (Å²) >= 11 is 0. The zero-order valence-electron chi connectivity index (χ0n) is 11.5. The summed E-state index contributed by atoms with van der Waals surface area (Å²) in [6.07, 6.45) is 1.07. The summed E-state index contributed by atoms with van der Waals surface area (Å²) in [7, 11) is 0. The molecule has 0 atom stereocenters. The molecule has 0 spiro atoms. The lowest BCUT2D eigenvalue weighted by Crippen LogP contribution is -1.99. The number of rotatable bonds is 2. The minimum absolute atomic E-state index is 0.354. The molecule has 1 aliphatic carbocycles. The van der Waals surface area contributed by atoms with Crippen molar-refractivity contribution in [3.05, 3.63) is 71.0 Å². The maximum absolute atomic E-state index is 13.5. The fraction of sp³-hybridized carbons (Fsp3) is 0.118. The van der Waals surface area contributed by atoms with Gasteiger partial charge in [-0.2, -0.15) is 0 Å². The highest BCUT2D eigenvalue weighted by Crippen LogP contribution is 2.38. The highest BCUT2D eigenvalue weighted by atomic mass is 19.2. The van der Waals surface area contributed by atoms with E-state index in [0.717, 1.165) is 23.3 Å². The van der Waals surface area contributed by atoms with E-state index in [0.29, 0.717) is 29.7 Å². The molecule has 3 rings (SSSR count). The van der Waals surface area contributed by atoms with E-state index in [2.05, 4.69) is 5.16 Å². The number of oxime groups is 1. The molecule has 0 aliphatic heterocycles. The van der Waals surface area contributed by atoms with Crippen molar-refractivity contribution in [2.45, 2.75) is 12.8 Å². The molecule has 1 aliphatic rings. The Morgan fingerprint density at radius 3 is 2.14 bits per heavy atom. The molecule has 0 bridgehead atoms. The Bertz CT molecular complexity index is 779. The van der Waals surface area contributed by atoms with Crippen LogP contribution in [0.4, 0.5) is 13.2 Å². The maximum atomic E-state index is 13.5. The maximum Gasteiger partial charge on any atom is 0.159 e. The predicted octanol–water partition coefficient (Wildman–Crippen LogP) is 4.64. The van der Waals surface area contributed by atoms with E-state index in [1.54, 1.807) is 12.1 Å². The third-order valence-corrected chi connectivity index (χ3v) is 3.72. The van der Waals surface area contributed by atoms with Crippen molar-refractivity contribution in [2.24, 2.45) is 5.16 Å². The molecule has 0 unspecified atom stereocenters. The number of benzene rings is 2. The second-order valence-electron chi connectivity index (χ2n) is 5.04. The molecule has 112 valence electrons. The van der Waals surface area contributed by atoms with Gasteiger partial charge in [0.2, 0.25) is 0 Å². The molecule has 1 N–H and O–H groups in total. The minimum atomic E-state index is -0.965. The molecule has 2 aromatic rings. The van der Waals surface area contributed by atoms with Gasteiger partial charge < -0.3 is 5.21 Å². The summed E-state index contributed by atoms with van der Waals surface area (Å²) in [5.74, 6) is -2.26. The molecule has 0 amide bonds. The van der Waals surface area contributed by atoms with E-state index in [1.807, 2.05) is 0 Å². The van der Waals surface area contributed by atoms with Crippen LogP contribution < -0.4 is 0 Å². The number of hydrogen-bond acceptors (Lipinski definition) is 2. The van der Waals surface area contributed by atoms with Crippen molar-refractivity contribution in [2.75, 3.05) is 0 Å². The minimum Gasteiger partial charge on any atom is -0.411 e. The van der Waals surface area contributed by atoms with Crippen LogP contribution >= 0.6 is 0 Å². The van der Waals surface area contributed by atoms with Gasteiger partial charge in [0.05, 0.1) is 5.71 Å². The zero-order chi connectivity index (χ0) is 15.7. The third kappa shape index (κ3) is 2.50. The van der Waals surface area contributed by atoms with E-state index >= 15 is 0 Å². The van der Waals surface area contributed by atoms with Gasteiger partial charge in [0.25, 0.3) is 0 Å². The van der Waals surface area contributed by atoms with Gasteiger partial charge in [-0.25, -0.2) is 13.2 Å². The van der Waals surface area contributed by atoms with Crippen LogP contribution in [0.1, 0.15) is 24.0 Å². The Morgan fingerprint density at radius 2 is 1.50 bits per heavy atom. The summed E-state index contributed by atoms with van der Waals surface area (Å²) in [6, 6.07) is 9.44. The van der Waals surface area contributed by atoms with Crippen LogP contribution in [0.2, 0.25) is 0 Å². The Kier molecular flexibility index (Phi) is 3.71. The van der Waals surface area contributed by atoms with Crippen LogP contribution in [0.5, 0.6) is 0 Å². The molecule has 0 heterocycles. The Hall–Kier alpha value is -2.56. The number of hydrogen-bond donors (Lipinski definition) is 1. The van der Waals surface area contributed by atoms with Crippen molar-refractivity contribution in [3.63, 3.8) is 0 Å². The summed E-state index contributed by atoms with van der Waals surface area (Å²) in [4.78, 5) is 0. The molecule has 5 heteroatoms. The van der Waals surface area contributed by atoms with E-state index in [-0.39, 0.29) is 5.82 Å². The number of halogens is 3. The first kappa shape index (κ1) is 14.4. The van der Waals surface area contributed by atoms with Gasteiger partial charge in [0.1, 0.15) is 5.82 Å². The normalized spacial score (nSPS) is 16.6. The molecular formula is C17H12F3NO. The quantitative estimate of drug-likeness (QED) is 0.636. The molecule has 0 radical (unpaired) electrons. The lowest BCUT2D eigenvalue weighted by molar-refractivity contribution is 0.319. The molecule has 0 aromatic heterocycles. The lowest BCUT2D eigenvalue weighted by atomic mass is 9.96. The second-order valence-corrected chi connectivity index (χ2v) is 5.04. The standard InChI is InChI=1S/C17H12F3NO/c18-12-4-1-10(2-5-12)13-6-8-16(21-22)17(13)11-3-7-14(19)15(20)9-11/h1-5,7,9,22H,6,8H2/b21-16+. The van der Waals surface area contributed by atoms with E-state index < -0.39 is 11.6 Å². The lowest BCUT2D eigenvalue weighted by Gasteiger charge is -2.09. The first-order valence-corrected chi connectivity index (χ1v) is 6.76. The number of nitrogens with zero attached hydrogens (tertiary/aromatic N) is 1. The van der Waals surface area contributed by atoms with Gasteiger partial charge in [-0.15, -0.1) is 0 Å². The highest BCUT2D eigenvalue weighted by Gasteiger charge is 2.25. The van der Waals surface area contributed by atoms with Crippen LogP contribution in [-0.2, 0) is 0 Å². The molecule has 22 heavy (non-hydrogen) atoms. The van der Waals surface area contributed by atoms with E-state index in [1.165, 1.54) is 18.2 Å². The second kappa shape index (κ2) is 5.67. The molecule has 2 aromatic carbocycles. The van der Waals surface area contributed by atoms with Crippen molar-refractivity contribution in [1.29, 1.82) is 0 Å². The Balaban J connectivity index is 2.18. The average molecular weight is 303 g/mol. The van der Waals surface area contributed by atoms with Crippen molar-refractivity contribution in [1.82, 2.24) is 0 Å². The Morgan fingerprint density at radius 1 is 0.818 bits per heavy atom. The van der Waals surface area contributed by atoms with Crippen LogP contribution in [0.15, 0.2) is 47.6 Å². The van der Waals surface area contributed by atoms with Crippen LogP contribution in [0, 0.1) is 17.5 Å². The molecular weight excluding hydrogens is 291 g/mol. The van der Waals surface area contributed by atoms with E-state index in [4.69, 9.17) is 5.21 Å². The molecule has 0 fully saturated rings. The summed E-state index contributed by atoms with van der Waals surface area (Å²) in [6.45, 7) is 0. The van der Waals surface area contributed by atoms with Gasteiger partial charge in [-0.3, -0.25) is 0 Å². The fourth-order valence-electron chi connectivity index (χ4n) is 2.70. The number of allylic oxidation sites excluding steroid dienone is 2. The van der Waals surface area contributed by atoms with Gasteiger partial charge in [-0.05, 0) is 53.8 Å². The van der Waals surface area contributed by atoms with Crippen LogP contribution in [0.3, 0.4) is 0 Å². The van der Waals surface area contributed by atoms with Gasteiger partial charge >= 0.3 is 0 Å². The van der Waals surface area contributed by atoms with Crippen molar-refractivity contribution in [3.8, 4) is 0 Å². The van der Waals surface area contributed by atoms with Crippen molar-refractivity contribution < 1.29 is 18.4 Å². The fourth-order valence-corrected chi connectivity index (χ4v) is 2.70. The first-order valence-electron chi connectivity index (χ1n) is 6.76. The SMILES string of the molecule is O/N=C1\CCC(c2ccc(F)cc2)=C1c1ccc(F)c(F)c1. The Labute approximate surface area is 125 Å². The molecule has 0 saturated carbocycles. The molecule has 2 nitrogen and oxygen atoms in total. The summed E-state index contributed by atoms with van der Waals surface area (Å²) in [5.41, 5.74) is 2.99. The topological polar surface area (TPSA) is 32.6 Å². The van der Waals surface area contributed by atoms with Gasteiger partial charge in [0, 0.05) is 5.57 Å². The first-order chi connectivity index (χ1) is 10.6. The third-order valence-electron chi connectivity index (χ3n) is 3.72. The van der Waals surface area contributed by atoms with Crippen LogP contribution in [0.25, 0.3) is 11.1 Å². The van der Waals surface area contributed by atoms with Gasteiger partial charge in [0.15, 0.2) is 11.6 Å². The van der Waals surface area contributed by atoms with Crippen molar-refractivity contribution >= 4 is 16.9 Å². The largest absolute Gasteiger partial charge is 0.411 e. The highest BCUT2D eigenvalue weighted by molar-refractivity contribution is 6.33. The summed E-state index contributed by atoms with van der Waals surface area (Å²) < 4.78 is 39.7. The monoisotopic (exact) mass is 303 g/mol. The van der Waals surface area contributed by atoms with Gasteiger partial charge in [-0.1, -0.05) is 23.4 Å². The zero-order valence-corrected chi connectivity index (χ0v) is 11.5. The summed E-state index contributed by atoms with van der Waals surface area (Å²) in [5, 5.41) is 12.4.